The Morgan fingerprint density at radius 2 is 1.58 bits per heavy atom. The molecule has 2 saturated heterocycles. The van der Waals surface area contributed by atoms with Gasteiger partial charge in [0.05, 0.1) is 24.4 Å². The minimum absolute atomic E-state index is 0.0719. The van der Waals surface area contributed by atoms with Crippen molar-refractivity contribution >= 4 is 0 Å². The molecule has 2 aliphatic rings. The van der Waals surface area contributed by atoms with Gasteiger partial charge >= 0.3 is 0 Å². The van der Waals surface area contributed by atoms with Crippen LogP contribution >= 0.6 is 0 Å². The molecule has 2 rings (SSSR count). The summed E-state index contributed by atoms with van der Waals surface area (Å²) < 4.78 is 16.2. The van der Waals surface area contributed by atoms with E-state index >= 15 is 0 Å². The zero-order chi connectivity index (χ0) is 14.2. The highest BCUT2D eigenvalue weighted by molar-refractivity contribution is 4.84. The number of hydrogen-bond donors (Lipinski definition) is 4. The number of rotatable bonds is 2. The molecule has 0 bridgehead atoms. The van der Waals surface area contributed by atoms with Gasteiger partial charge in [-0.3, -0.25) is 0 Å². The Morgan fingerprint density at radius 3 is 2.16 bits per heavy atom. The first-order valence-electron chi connectivity index (χ1n) is 6.57. The van der Waals surface area contributed by atoms with Crippen molar-refractivity contribution in [3.8, 4) is 0 Å². The fourth-order valence-electron chi connectivity index (χ4n) is 2.52. The van der Waals surface area contributed by atoms with Crippen LogP contribution in [0.5, 0.6) is 0 Å². The Balaban J connectivity index is 1.93. The first-order chi connectivity index (χ1) is 8.88. The highest BCUT2D eigenvalue weighted by Crippen LogP contribution is 2.27. The number of hydrogen-bond acceptors (Lipinski definition) is 7. The molecule has 112 valence electrons. The molecule has 8 atom stereocenters. The molecule has 4 N–H and O–H groups in total. The molecular formula is C12H22O7. The van der Waals surface area contributed by atoms with Crippen molar-refractivity contribution in [2.45, 2.75) is 75.9 Å². The highest BCUT2D eigenvalue weighted by atomic mass is 16.7. The topological polar surface area (TPSA) is 109 Å². The van der Waals surface area contributed by atoms with Gasteiger partial charge in [0.1, 0.15) is 12.2 Å². The Morgan fingerprint density at radius 1 is 0.895 bits per heavy atom. The molecule has 19 heavy (non-hydrogen) atoms. The Hall–Kier alpha value is -0.280. The second-order valence-corrected chi connectivity index (χ2v) is 5.26. The van der Waals surface area contributed by atoms with E-state index in [4.69, 9.17) is 14.2 Å². The Kier molecular flexibility index (Phi) is 4.78. The van der Waals surface area contributed by atoms with Crippen LogP contribution in [0.25, 0.3) is 0 Å². The number of aliphatic hydroxyl groups is 4. The molecule has 0 radical (unpaired) electrons. The molecule has 7 nitrogen and oxygen atoms in total. The number of ether oxygens (including phenoxy) is 3. The van der Waals surface area contributed by atoms with Crippen LogP contribution in [-0.4, -0.2) is 69.6 Å². The van der Waals surface area contributed by atoms with Crippen molar-refractivity contribution in [3.63, 3.8) is 0 Å². The summed E-state index contributed by atoms with van der Waals surface area (Å²) in [6.07, 6.45) is -5.89. The van der Waals surface area contributed by atoms with Gasteiger partial charge in [0.2, 0.25) is 0 Å². The van der Waals surface area contributed by atoms with Gasteiger partial charge in [0, 0.05) is 12.8 Å². The lowest BCUT2D eigenvalue weighted by Crippen LogP contribution is -2.53. The predicted octanol–water partition coefficient (Wildman–Crippen LogP) is -1.28. The first kappa shape index (κ1) is 15.1. The van der Waals surface area contributed by atoms with Gasteiger partial charge in [-0.05, 0) is 13.8 Å². The van der Waals surface area contributed by atoms with Gasteiger partial charge in [-0.25, -0.2) is 0 Å². The van der Waals surface area contributed by atoms with Gasteiger partial charge < -0.3 is 34.6 Å². The standard InChI is InChI=1S/C12H22O7/c1-5-11(16)7(13)4-10(18-5)19-12-6(2)17-9(15)3-8(12)14/h5-16H,3-4H2,1-2H3/t5-,6-,7-,8-,9+,10-,11-,12+/m1/s1. The van der Waals surface area contributed by atoms with Crippen LogP contribution in [0.15, 0.2) is 0 Å². The Bertz CT molecular complexity index is 276. The van der Waals surface area contributed by atoms with Crippen LogP contribution in [0.4, 0.5) is 0 Å². The van der Waals surface area contributed by atoms with Gasteiger partial charge in [-0.2, -0.15) is 0 Å². The monoisotopic (exact) mass is 278 g/mol. The number of aliphatic hydroxyl groups excluding tert-OH is 4. The zero-order valence-corrected chi connectivity index (χ0v) is 11.0. The van der Waals surface area contributed by atoms with Crippen LogP contribution in [0.2, 0.25) is 0 Å². The SMILES string of the molecule is C[C@H]1O[C@H](O[C@@H]2[C@H](O)C[C@@H](O)O[C@@H]2C)C[C@@H](O)[C@@H]1O. The second-order valence-electron chi connectivity index (χ2n) is 5.26. The summed E-state index contributed by atoms with van der Waals surface area (Å²) >= 11 is 0. The molecule has 0 aliphatic carbocycles. The predicted molar refractivity (Wildman–Crippen MR) is 63.0 cm³/mol. The summed E-state index contributed by atoms with van der Waals surface area (Å²) in [5.41, 5.74) is 0. The van der Waals surface area contributed by atoms with Gasteiger partial charge in [0.25, 0.3) is 0 Å². The minimum atomic E-state index is -0.997. The van der Waals surface area contributed by atoms with E-state index in [0.29, 0.717) is 0 Å². The molecule has 0 amide bonds. The molecule has 0 unspecified atom stereocenters. The van der Waals surface area contributed by atoms with Gasteiger partial charge in [-0.1, -0.05) is 0 Å². The summed E-state index contributed by atoms with van der Waals surface area (Å²) in [5, 5.41) is 38.5. The molecule has 0 spiro atoms. The summed E-state index contributed by atoms with van der Waals surface area (Å²) in [7, 11) is 0. The summed E-state index contributed by atoms with van der Waals surface area (Å²) in [6, 6.07) is 0. The van der Waals surface area contributed by atoms with Crippen LogP contribution in [-0.2, 0) is 14.2 Å². The van der Waals surface area contributed by atoms with Crippen LogP contribution < -0.4 is 0 Å². The van der Waals surface area contributed by atoms with E-state index in [9.17, 15) is 20.4 Å². The molecule has 0 aromatic carbocycles. The normalized spacial score (nSPS) is 52.1. The van der Waals surface area contributed by atoms with Crippen molar-refractivity contribution in [1.82, 2.24) is 0 Å². The third kappa shape index (κ3) is 3.43. The maximum Gasteiger partial charge on any atom is 0.161 e. The van der Waals surface area contributed by atoms with Crippen LogP contribution in [0.1, 0.15) is 26.7 Å². The van der Waals surface area contributed by atoms with Gasteiger partial charge in [0.15, 0.2) is 12.6 Å². The molecule has 2 aliphatic heterocycles. The zero-order valence-electron chi connectivity index (χ0n) is 11.0. The third-order valence-corrected chi connectivity index (χ3v) is 3.64. The highest BCUT2D eigenvalue weighted by Gasteiger charge is 2.41. The summed E-state index contributed by atoms with van der Waals surface area (Å²) in [5.74, 6) is 0. The maximum atomic E-state index is 9.89. The molecule has 7 heteroatoms. The Labute approximate surface area is 111 Å². The first-order valence-corrected chi connectivity index (χ1v) is 6.57. The van der Waals surface area contributed by atoms with E-state index in [1.54, 1.807) is 13.8 Å². The lowest BCUT2D eigenvalue weighted by atomic mass is 10.0. The quantitative estimate of drug-likeness (QED) is 0.498. The smallest absolute Gasteiger partial charge is 0.161 e. The lowest BCUT2D eigenvalue weighted by molar-refractivity contribution is -0.306. The van der Waals surface area contributed by atoms with E-state index < -0.39 is 49.2 Å². The average molecular weight is 278 g/mol. The van der Waals surface area contributed by atoms with E-state index in [0.717, 1.165) is 0 Å². The van der Waals surface area contributed by atoms with E-state index in [-0.39, 0.29) is 12.8 Å². The lowest BCUT2D eigenvalue weighted by Gasteiger charge is -2.41. The summed E-state index contributed by atoms with van der Waals surface area (Å²) in [4.78, 5) is 0. The molecule has 2 fully saturated rings. The van der Waals surface area contributed by atoms with Crippen LogP contribution in [0, 0.1) is 0 Å². The third-order valence-electron chi connectivity index (χ3n) is 3.64. The minimum Gasteiger partial charge on any atom is -0.390 e. The van der Waals surface area contributed by atoms with E-state index in [1.165, 1.54) is 0 Å². The molecular weight excluding hydrogens is 256 g/mol. The van der Waals surface area contributed by atoms with Crippen LogP contribution in [0.3, 0.4) is 0 Å². The molecule has 0 aromatic rings. The molecule has 2 heterocycles. The van der Waals surface area contributed by atoms with Gasteiger partial charge in [-0.15, -0.1) is 0 Å². The molecule has 0 saturated carbocycles. The molecule has 0 aromatic heterocycles. The van der Waals surface area contributed by atoms with E-state index in [1.807, 2.05) is 0 Å². The van der Waals surface area contributed by atoms with Crippen molar-refractivity contribution in [1.29, 1.82) is 0 Å². The largest absolute Gasteiger partial charge is 0.390 e. The van der Waals surface area contributed by atoms with E-state index in [2.05, 4.69) is 0 Å². The van der Waals surface area contributed by atoms with Crippen molar-refractivity contribution in [3.05, 3.63) is 0 Å². The fourth-order valence-corrected chi connectivity index (χ4v) is 2.52. The second kappa shape index (κ2) is 6.01. The maximum absolute atomic E-state index is 9.89. The van der Waals surface area contributed by atoms with Crippen molar-refractivity contribution < 1.29 is 34.6 Å². The average Bonchev–Trinajstić information content (AvgIpc) is 2.30. The fraction of sp³-hybridized carbons (Fsp3) is 1.00. The van der Waals surface area contributed by atoms with Crippen molar-refractivity contribution in [2.75, 3.05) is 0 Å². The van der Waals surface area contributed by atoms with Crippen molar-refractivity contribution in [2.24, 2.45) is 0 Å². The summed E-state index contributed by atoms with van der Waals surface area (Å²) in [6.45, 7) is 3.33.